The highest BCUT2D eigenvalue weighted by atomic mass is 16.5. The predicted octanol–water partition coefficient (Wildman–Crippen LogP) is 2.00. The van der Waals surface area contributed by atoms with Gasteiger partial charge in [-0.05, 0) is 6.07 Å². The number of allylic oxidation sites excluding steroid dienone is 1. The van der Waals surface area contributed by atoms with E-state index in [1.165, 1.54) is 0 Å². The number of hydrogen-bond acceptors (Lipinski definition) is 2. The van der Waals surface area contributed by atoms with Gasteiger partial charge in [0.25, 0.3) is 0 Å². The summed E-state index contributed by atoms with van der Waals surface area (Å²) in [4.78, 5) is 0.911. The highest BCUT2D eigenvalue weighted by Gasteiger charge is 2.06. The Balaban J connectivity index is 2.70. The minimum absolute atomic E-state index is 0.675. The maximum Gasteiger partial charge on any atom is 0.110 e. The number of para-hydroxylation sites is 1. The van der Waals surface area contributed by atoms with Crippen LogP contribution in [0.2, 0.25) is 0 Å². The molecule has 13 heavy (non-hydrogen) atoms. The lowest BCUT2D eigenvalue weighted by molar-refractivity contribution is 0.160. The van der Waals surface area contributed by atoms with Gasteiger partial charge in [0, 0.05) is 11.8 Å². The normalized spacial score (nSPS) is 10.5. The van der Waals surface area contributed by atoms with Crippen molar-refractivity contribution < 1.29 is 5.21 Å². The summed E-state index contributed by atoms with van der Waals surface area (Å²) in [5, 5.41) is 14.3. The van der Waals surface area contributed by atoms with Crippen molar-refractivity contribution in [2.75, 3.05) is 0 Å². The number of benzene rings is 1. The van der Waals surface area contributed by atoms with Crippen molar-refractivity contribution in [3.63, 3.8) is 0 Å². The molecule has 0 saturated heterocycles. The Bertz CT molecular complexity index is 445. The van der Waals surface area contributed by atoms with Crippen molar-refractivity contribution in [1.82, 2.24) is 9.94 Å². The van der Waals surface area contributed by atoms with E-state index in [4.69, 9.17) is 0 Å². The first-order valence-corrected chi connectivity index (χ1v) is 4.09. The van der Waals surface area contributed by atoms with E-state index in [0.29, 0.717) is 6.42 Å². The number of hydrogen-bond donors (Lipinski definition) is 1. The van der Waals surface area contributed by atoms with Gasteiger partial charge in [-0.3, -0.25) is 0 Å². The van der Waals surface area contributed by atoms with Gasteiger partial charge in [0.15, 0.2) is 0 Å². The molecular weight excluding hydrogens is 164 g/mol. The smallest absolute Gasteiger partial charge is 0.110 e. The molecule has 0 spiro atoms. The molecule has 3 nitrogen and oxygen atoms in total. The maximum absolute atomic E-state index is 9.39. The van der Waals surface area contributed by atoms with E-state index in [1.54, 1.807) is 6.08 Å². The van der Waals surface area contributed by atoms with Gasteiger partial charge in [-0.15, -0.1) is 16.5 Å². The number of fused-ring (bicyclic) bond motifs is 1. The fourth-order valence-electron chi connectivity index (χ4n) is 1.40. The Morgan fingerprint density at radius 1 is 1.46 bits per heavy atom. The molecule has 2 rings (SSSR count). The number of aromatic nitrogens is 2. The SMILES string of the molecule is C=CCc1nn(O)c2ccccc12. The summed E-state index contributed by atoms with van der Waals surface area (Å²) in [7, 11) is 0. The molecule has 0 fully saturated rings. The van der Waals surface area contributed by atoms with Crippen LogP contribution in [0.5, 0.6) is 0 Å². The Morgan fingerprint density at radius 2 is 2.23 bits per heavy atom. The molecule has 1 heterocycles. The molecule has 0 aliphatic rings. The van der Waals surface area contributed by atoms with Crippen molar-refractivity contribution in [1.29, 1.82) is 0 Å². The molecule has 1 aromatic heterocycles. The highest BCUT2D eigenvalue weighted by Crippen LogP contribution is 2.17. The average molecular weight is 174 g/mol. The Labute approximate surface area is 75.9 Å². The highest BCUT2D eigenvalue weighted by molar-refractivity contribution is 5.81. The van der Waals surface area contributed by atoms with Crippen LogP contribution in [-0.4, -0.2) is 15.2 Å². The quantitative estimate of drug-likeness (QED) is 0.558. The van der Waals surface area contributed by atoms with Crippen LogP contribution in [0.1, 0.15) is 5.69 Å². The molecule has 66 valence electrons. The van der Waals surface area contributed by atoms with Gasteiger partial charge in [-0.1, -0.05) is 24.3 Å². The van der Waals surface area contributed by atoms with Gasteiger partial charge >= 0.3 is 0 Å². The molecule has 2 aromatic rings. The zero-order chi connectivity index (χ0) is 9.26. The molecule has 0 unspecified atom stereocenters. The minimum atomic E-state index is 0.675. The second-order valence-corrected chi connectivity index (χ2v) is 2.85. The summed E-state index contributed by atoms with van der Waals surface area (Å²) in [6, 6.07) is 7.56. The van der Waals surface area contributed by atoms with Crippen LogP contribution in [0.25, 0.3) is 10.9 Å². The van der Waals surface area contributed by atoms with Crippen molar-refractivity contribution in [2.45, 2.75) is 6.42 Å². The molecule has 0 aliphatic carbocycles. The van der Waals surface area contributed by atoms with Crippen LogP contribution in [0.15, 0.2) is 36.9 Å². The monoisotopic (exact) mass is 174 g/mol. The summed E-state index contributed by atoms with van der Waals surface area (Å²) in [5.74, 6) is 0. The van der Waals surface area contributed by atoms with Gasteiger partial charge in [-0.2, -0.15) is 0 Å². The zero-order valence-electron chi connectivity index (χ0n) is 7.14. The molecule has 0 saturated carbocycles. The first kappa shape index (κ1) is 7.86. The van der Waals surface area contributed by atoms with E-state index in [2.05, 4.69) is 11.7 Å². The minimum Gasteiger partial charge on any atom is -0.411 e. The standard InChI is InChI=1S/C10H10N2O/c1-2-5-9-8-6-3-4-7-10(8)12(13)11-9/h2-4,6-7,13H,1,5H2. The average Bonchev–Trinajstić information content (AvgIpc) is 2.46. The van der Waals surface area contributed by atoms with E-state index in [0.717, 1.165) is 21.4 Å². The first-order chi connectivity index (χ1) is 6.33. The van der Waals surface area contributed by atoms with Crippen molar-refractivity contribution in [3.8, 4) is 0 Å². The third kappa shape index (κ3) is 1.18. The Kier molecular flexibility index (Phi) is 1.77. The maximum atomic E-state index is 9.39. The zero-order valence-corrected chi connectivity index (χ0v) is 7.14. The van der Waals surface area contributed by atoms with E-state index in [1.807, 2.05) is 24.3 Å². The van der Waals surface area contributed by atoms with E-state index in [-0.39, 0.29) is 0 Å². The summed E-state index contributed by atoms with van der Waals surface area (Å²) >= 11 is 0. The lowest BCUT2D eigenvalue weighted by Gasteiger charge is -1.89. The fourth-order valence-corrected chi connectivity index (χ4v) is 1.40. The van der Waals surface area contributed by atoms with Crippen LogP contribution in [0.3, 0.4) is 0 Å². The molecule has 3 heteroatoms. The Hall–Kier alpha value is -1.77. The molecule has 0 atom stereocenters. The van der Waals surface area contributed by atoms with Crippen molar-refractivity contribution in [2.24, 2.45) is 0 Å². The summed E-state index contributed by atoms with van der Waals surface area (Å²) in [6.45, 7) is 3.64. The predicted molar refractivity (Wildman–Crippen MR) is 50.8 cm³/mol. The van der Waals surface area contributed by atoms with Crippen molar-refractivity contribution in [3.05, 3.63) is 42.6 Å². The van der Waals surface area contributed by atoms with Gasteiger partial charge in [0.1, 0.15) is 5.52 Å². The van der Waals surface area contributed by atoms with Gasteiger partial charge in [0.05, 0.1) is 5.69 Å². The summed E-state index contributed by atoms with van der Waals surface area (Å²) in [5.41, 5.74) is 1.59. The second-order valence-electron chi connectivity index (χ2n) is 2.85. The third-order valence-electron chi connectivity index (χ3n) is 1.98. The molecule has 1 aromatic carbocycles. The van der Waals surface area contributed by atoms with Crippen LogP contribution in [0, 0.1) is 0 Å². The van der Waals surface area contributed by atoms with Crippen molar-refractivity contribution >= 4 is 10.9 Å². The lowest BCUT2D eigenvalue weighted by atomic mass is 10.2. The molecule has 1 N–H and O–H groups in total. The molecule has 0 radical (unpaired) electrons. The topological polar surface area (TPSA) is 38.0 Å². The molecular formula is C10H10N2O. The Morgan fingerprint density at radius 3 is 3.00 bits per heavy atom. The summed E-state index contributed by atoms with van der Waals surface area (Å²) in [6.07, 6.45) is 2.45. The van der Waals surface area contributed by atoms with E-state index in [9.17, 15) is 5.21 Å². The van der Waals surface area contributed by atoms with Gasteiger partial charge < -0.3 is 5.21 Å². The summed E-state index contributed by atoms with van der Waals surface area (Å²) < 4.78 is 0. The van der Waals surface area contributed by atoms with Gasteiger partial charge in [-0.25, -0.2) is 0 Å². The molecule has 0 aliphatic heterocycles. The van der Waals surface area contributed by atoms with Crippen LogP contribution in [-0.2, 0) is 6.42 Å². The number of rotatable bonds is 2. The van der Waals surface area contributed by atoms with Crippen LogP contribution >= 0.6 is 0 Å². The van der Waals surface area contributed by atoms with E-state index < -0.39 is 0 Å². The van der Waals surface area contributed by atoms with Crippen LogP contribution in [0.4, 0.5) is 0 Å². The third-order valence-corrected chi connectivity index (χ3v) is 1.98. The largest absolute Gasteiger partial charge is 0.411 e. The number of nitrogens with zero attached hydrogens (tertiary/aromatic N) is 2. The molecule has 0 bridgehead atoms. The lowest BCUT2D eigenvalue weighted by Crippen LogP contribution is -1.92. The van der Waals surface area contributed by atoms with Gasteiger partial charge in [0.2, 0.25) is 0 Å². The fraction of sp³-hybridized carbons (Fsp3) is 0.100. The first-order valence-electron chi connectivity index (χ1n) is 4.09. The second kappa shape index (κ2) is 2.94. The molecule has 0 amide bonds. The van der Waals surface area contributed by atoms with E-state index >= 15 is 0 Å². The van der Waals surface area contributed by atoms with Crippen LogP contribution < -0.4 is 0 Å².